The standard InChI is InChI=1S/C14H14N4O4S/c1-8(19)9-3-11-12(22-7-21-11)4-10(9)16-13(20)5-23-14-17-15-6-18(14)2/h3-4,6H,5,7H2,1-2H3,(H,16,20). The Bertz CT molecular complexity index is 774. The third-order valence-electron chi connectivity index (χ3n) is 3.17. The zero-order chi connectivity index (χ0) is 16.4. The summed E-state index contributed by atoms with van der Waals surface area (Å²) in [6, 6.07) is 3.18. The third kappa shape index (κ3) is 3.29. The highest BCUT2D eigenvalue weighted by Gasteiger charge is 2.20. The van der Waals surface area contributed by atoms with Gasteiger partial charge in [0.2, 0.25) is 12.7 Å². The van der Waals surface area contributed by atoms with Crippen LogP contribution >= 0.6 is 11.8 Å². The van der Waals surface area contributed by atoms with Crippen molar-refractivity contribution in [2.75, 3.05) is 17.9 Å². The summed E-state index contributed by atoms with van der Waals surface area (Å²) in [5.41, 5.74) is 0.788. The Morgan fingerprint density at radius 1 is 1.35 bits per heavy atom. The molecule has 23 heavy (non-hydrogen) atoms. The molecule has 0 spiro atoms. The fraction of sp³-hybridized carbons (Fsp3) is 0.286. The Hall–Kier alpha value is -2.55. The van der Waals surface area contributed by atoms with Crippen molar-refractivity contribution in [3.05, 3.63) is 24.0 Å². The molecule has 0 bridgehead atoms. The van der Waals surface area contributed by atoms with Crippen LogP contribution in [0.2, 0.25) is 0 Å². The Morgan fingerprint density at radius 3 is 2.74 bits per heavy atom. The second-order valence-corrected chi connectivity index (χ2v) is 5.81. The van der Waals surface area contributed by atoms with E-state index in [2.05, 4.69) is 15.5 Å². The zero-order valence-electron chi connectivity index (χ0n) is 12.5. The number of hydrogen-bond donors (Lipinski definition) is 1. The smallest absolute Gasteiger partial charge is 0.234 e. The van der Waals surface area contributed by atoms with Crippen molar-refractivity contribution < 1.29 is 19.1 Å². The molecular formula is C14H14N4O4S. The summed E-state index contributed by atoms with van der Waals surface area (Å²) in [5.74, 6) is 0.741. The molecule has 1 aromatic carbocycles. The van der Waals surface area contributed by atoms with Crippen LogP contribution < -0.4 is 14.8 Å². The van der Waals surface area contributed by atoms with Gasteiger partial charge in [-0.3, -0.25) is 9.59 Å². The average Bonchev–Trinajstić information content (AvgIpc) is 3.12. The monoisotopic (exact) mass is 334 g/mol. The molecule has 1 N–H and O–H groups in total. The van der Waals surface area contributed by atoms with Crippen molar-refractivity contribution >= 4 is 29.1 Å². The molecule has 0 saturated carbocycles. The Labute approximate surface area is 136 Å². The molecule has 1 aromatic heterocycles. The predicted octanol–water partition coefficient (Wildman–Crippen LogP) is 1.48. The van der Waals surface area contributed by atoms with Crippen LogP contribution in [0.5, 0.6) is 11.5 Å². The Morgan fingerprint density at radius 2 is 2.09 bits per heavy atom. The molecule has 0 aliphatic carbocycles. The molecule has 1 aliphatic rings. The first-order valence-electron chi connectivity index (χ1n) is 6.76. The number of benzene rings is 1. The van der Waals surface area contributed by atoms with Gasteiger partial charge in [-0.25, -0.2) is 0 Å². The summed E-state index contributed by atoms with van der Waals surface area (Å²) in [6.07, 6.45) is 1.56. The lowest BCUT2D eigenvalue weighted by Gasteiger charge is -2.10. The number of thioether (sulfide) groups is 1. The number of carbonyl (C=O) groups is 2. The molecule has 9 heteroatoms. The largest absolute Gasteiger partial charge is 0.454 e. The number of aryl methyl sites for hydroxylation is 1. The molecule has 2 aromatic rings. The fourth-order valence-electron chi connectivity index (χ4n) is 2.06. The molecule has 0 atom stereocenters. The molecule has 0 unspecified atom stereocenters. The molecule has 120 valence electrons. The number of Topliss-reactive ketones (excluding diaryl/α,β-unsaturated/α-hetero) is 1. The SMILES string of the molecule is CC(=O)c1cc2c(cc1NC(=O)CSc1nncn1C)OCO2. The van der Waals surface area contributed by atoms with E-state index in [1.807, 2.05) is 0 Å². The van der Waals surface area contributed by atoms with Crippen LogP contribution in [0.3, 0.4) is 0 Å². The molecule has 1 aliphatic heterocycles. The van der Waals surface area contributed by atoms with E-state index < -0.39 is 0 Å². The summed E-state index contributed by atoms with van der Waals surface area (Å²) in [5, 5.41) is 11.0. The van der Waals surface area contributed by atoms with Gasteiger partial charge in [-0.1, -0.05) is 11.8 Å². The summed E-state index contributed by atoms with van der Waals surface area (Å²) >= 11 is 1.26. The van der Waals surface area contributed by atoms with E-state index >= 15 is 0 Å². The van der Waals surface area contributed by atoms with Crippen LogP contribution in [0.25, 0.3) is 0 Å². The van der Waals surface area contributed by atoms with Crippen LogP contribution in [0, 0.1) is 0 Å². The van der Waals surface area contributed by atoms with Gasteiger partial charge < -0.3 is 19.4 Å². The van der Waals surface area contributed by atoms with E-state index in [1.54, 1.807) is 30.1 Å². The predicted molar refractivity (Wildman–Crippen MR) is 82.9 cm³/mol. The lowest BCUT2D eigenvalue weighted by atomic mass is 10.1. The molecule has 2 heterocycles. The topological polar surface area (TPSA) is 95.3 Å². The van der Waals surface area contributed by atoms with E-state index in [-0.39, 0.29) is 24.2 Å². The summed E-state index contributed by atoms with van der Waals surface area (Å²) in [4.78, 5) is 23.9. The van der Waals surface area contributed by atoms with Crippen molar-refractivity contribution in [3.63, 3.8) is 0 Å². The Balaban J connectivity index is 1.73. The van der Waals surface area contributed by atoms with Gasteiger partial charge in [0.15, 0.2) is 22.4 Å². The molecule has 0 saturated heterocycles. The van der Waals surface area contributed by atoms with E-state index in [4.69, 9.17) is 9.47 Å². The van der Waals surface area contributed by atoms with Crippen LogP contribution in [0.15, 0.2) is 23.6 Å². The third-order valence-corrected chi connectivity index (χ3v) is 4.20. The molecular weight excluding hydrogens is 320 g/mol. The van der Waals surface area contributed by atoms with Crippen LogP contribution in [-0.4, -0.2) is 39.0 Å². The van der Waals surface area contributed by atoms with E-state index in [9.17, 15) is 9.59 Å². The van der Waals surface area contributed by atoms with Gasteiger partial charge in [0.05, 0.1) is 11.4 Å². The number of carbonyl (C=O) groups excluding carboxylic acids is 2. The van der Waals surface area contributed by atoms with Gasteiger partial charge in [-0.05, 0) is 13.0 Å². The van der Waals surface area contributed by atoms with Gasteiger partial charge in [-0.15, -0.1) is 10.2 Å². The van der Waals surface area contributed by atoms with Crippen LogP contribution in [0.1, 0.15) is 17.3 Å². The maximum absolute atomic E-state index is 12.1. The van der Waals surface area contributed by atoms with Gasteiger partial charge in [0.1, 0.15) is 6.33 Å². The van der Waals surface area contributed by atoms with Crippen LogP contribution in [-0.2, 0) is 11.8 Å². The first-order chi connectivity index (χ1) is 11.0. The second kappa shape index (κ2) is 6.29. The van der Waals surface area contributed by atoms with Crippen molar-refractivity contribution in [3.8, 4) is 11.5 Å². The van der Waals surface area contributed by atoms with Gasteiger partial charge in [0.25, 0.3) is 0 Å². The fourth-order valence-corrected chi connectivity index (χ4v) is 2.74. The first kappa shape index (κ1) is 15.3. The normalized spacial score (nSPS) is 12.3. The molecule has 0 fully saturated rings. The lowest BCUT2D eigenvalue weighted by molar-refractivity contribution is -0.113. The highest BCUT2D eigenvalue weighted by Crippen LogP contribution is 2.37. The van der Waals surface area contributed by atoms with Crippen molar-refractivity contribution in [1.82, 2.24) is 14.8 Å². The van der Waals surface area contributed by atoms with Gasteiger partial charge in [0, 0.05) is 18.7 Å². The number of hydrogen-bond acceptors (Lipinski definition) is 7. The molecule has 0 radical (unpaired) electrons. The van der Waals surface area contributed by atoms with Crippen LogP contribution in [0.4, 0.5) is 5.69 Å². The summed E-state index contributed by atoms with van der Waals surface area (Å²) in [6.45, 7) is 1.54. The number of nitrogens with one attached hydrogen (secondary N) is 1. The highest BCUT2D eigenvalue weighted by atomic mass is 32.2. The second-order valence-electron chi connectivity index (χ2n) is 4.87. The molecule has 8 nitrogen and oxygen atoms in total. The number of anilines is 1. The summed E-state index contributed by atoms with van der Waals surface area (Å²) in [7, 11) is 1.80. The number of aromatic nitrogens is 3. The average molecular weight is 334 g/mol. The number of fused-ring (bicyclic) bond motifs is 1. The number of amides is 1. The number of ketones is 1. The summed E-state index contributed by atoms with van der Waals surface area (Å²) < 4.78 is 12.2. The minimum atomic E-state index is -0.251. The minimum absolute atomic E-state index is 0.103. The lowest BCUT2D eigenvalue weighted by Crippen LogP contribution is -2.16. The quantitative estimate of drug-likeness (QED) is 0.653. The van der Waals surface area contributed by atoms with Gasteiger partial charge in [-0.2, -0.15) is 0 Å². The highest BCUT2D eigenvalue weighted by molar-refractivity contribution is 7.99. The minimum Gasteiger partial charge on any atom is -0.454 e. The molecule has 1 amide bonds. The maximum Gasteiger partial charge on any atom is 0.234 e. The number of rotatable bonds is 5. The van der Waals surface area contributed by atoms with Gasteiger partial charge >= 0.3 is 0 Å². The van der Waals surface area contributed by atoms with Crippen molar-refractivity contribution in [1.29, 1.82) is 0 Å². The number of ether oxygens (including phenoxy) is 2. The van der Waals surface area contributed by atoms with Crippen molar-refractivity contribution in [2.45, 2.75) is 12.1 Å². The first-order valence-corrected chi connectivity index (χ1v) is 7.74. The van der Waals surface area contributed by atoms with E-state index in [1.165, 1.54) is 18.7 Å². The van der Waals surface area contributed by atoms with Crippen molar-refractivity contribution in [2.24, 2.45) is 7.05 Å². The molecule has 3 rings (SSSR count). The van der Waals surface area contributed by atoms with E-state index in [0.717, 1.165) is 0 Å². The number of nitrogens with zero attached hydrogens (tertiary/aromatic N) is 3. The zero-order valence-corrected chi connectivity index (χ0v) is 13.3. The van der Waals surface area contributed by atoms with E-state index in [0.29, 0.717) is 27.9 Å². The Kier molecular flexibility index (Phi) is 4.20. The maximum atomic E-state index is 12.1.